The zero-order valence-electron chi connectivity index (χ0n) is 12.1. The third kappa shape index (κ3) is 2.67. The Hall–Kier alpha value is -0.283. The van der Waals surface area contributed by atoms with Crippen LogP contribution in [0.4, 0.5) is 0 Å². The molecule has 0 spiro atoms. The van der Waals surface area contributed by atoms with Crippen LogP contribution in [0.15, 0.2) is 16.6 Å². The fourth-order valence-electron chi connectivity index (χ4n) is 2.08. The van der Waals surface area contributed by atoms with Gasteiger partial charge >= 0.3 is 0 Å². The minimum Gasteiger partial charge on any atom is -0.543 e. The number of fused-ring (bicyclic) bond motifs is 1. The van der Waals surface area contributed by atoms with Gasteiger partial charge < -0.3 is 4.43 Å². The molecule has 0 saturated carbocycles. The molecule has 18 heavy (non-hydrogen) atoms. The lowest BCUT2D eigenvalue weighted by Crippen LogP contribution is -2.44. The molecule has 0 aliphatic heterocycles. The summed E-state index contributed by atoms with van der Waals surface area (Å²) in [5.74, 6) is 1.04. The van der Waals surface area contributed by atoms with Crippen LogP contribution in [-0.4, -0.2) is 8.32 Å². The number of hydrogen-bond acceptors (Lipinski definition) is 1. The molecule has 0 amide bonds. The predicted molar refractivity (Wildman–Crippen MR) is 84.0 cm³/mol. The molecule has 1 aromatic rings. The molecule has 0 saturated heterocycles. The average Bonchev–Trinajstić information content (AvgIpc) is 2.63. The van der Waals surface area contributed by atoms with Crippen LogP contribution in [0.3, 0.4) is 0 Å². The fraction of sp³-hybridized carbons (Fsp3) is 0.600. The monoisotopic (exact) mass is 326 g/mol. The third-order valence-electron chi connectivity index (χ3n) is 4.32. The van der Waals surface area contributed by atoms with Crippen LogP contribution in [0.5, 0.6) is 5.75 Å². The largest absolute Gasteiger partial charge is 0.543 e. The van der Waals surface area contributed by atoms with Crippen LogP contribution >= 0.6 is 15.9 Å². The lowest BCUT2D eigenvalue weighted by atomic mass is 10.1. The molecule has 100 valence electrons. The SMILES string of the molecule is CC(C)(C)[Si](C)(C)Oc1cc2c(cc1Br)CCC2. The Labute approximate surface area is 120 Å². The topological polar surface area (TPSA) is 9.23 Å². The zero-order chi connectivity index (χ0) is 13.6. The van der Waals surface area contributed by atoms with Gasteiger partial charge in [-0.2, -0.15) is 0 Å². The Bertz CT molecular complexity index is 460. The normalized spacial score (nSPS) is 15.7. The standard InChI is InChI=1S/C15H23BrOSi/c1-15(2,3)18(4,5)17-14-10-12-8-6-7-11(12)9-13(14)16/h9-10H,6-8H2,1-5H3. The Morgan fingerprint density at radius 1 is 1.11 bits per heavy atom. The summed E-state index contributed by atoms with van der Waals surface area (Å²) in [7, 11) is -1.74. The van der Waals surface area contributed by atoms with Gasteiger partial charge in [-0.25, -0.2) is 0 Å². The van der Waals surface area contributed by atoms with Gasteiger partial charge in [0, 0.05) is 0 Å². The molecule has 0 radical (unpaired) electrons. The van der Waals surface area contributed by atoms with E-state index in [2.05, 4.69) is 61.9 Å². The third-order valence-corrected chi connectivity index (χ3v) is 9.28. The van der Waals surface area contributed by atoms with Crippen molar-refractivity contribution in [2.45, 2.75) is 58.2 Å². The van der Waals surface area contributed by atoms with Crippen molar-refractivity contribution in [1.29, 1.82) is 0 Å². The second-order valence-electron chi connectivity index (χ2n) is 6.77. The predicted octanol–water partition coefficient (Wildman–Crippen LogP) is 5.32. The van der Waals surface area contributed by atoms with E-state index in [4.69, 9.17) is 4.43 Å². The Balaban J connectivity index is 2.30. The zero-order valence-corrected chi connectivity index (χ0v) is 14.6. The van der Waals surface area contributed by atoms with Crippen molar-refractivity contribution in [3.8, 4) is 5.75 Å². The molecule has 0 bridgehead atoms. The van der Waals surface area contributed by atoms with E-state index in [0.717, 1.165) is 10.2 Å². The second kappa shape index (κ2) is 4.68. The van der Waals surface area contributed by atoms with E-state index in [9.17, 15) is 0 Å². The highest BCUT2D eigenvalue weighted by molar-refractivity contribution is 9.10. The maximum absolute atomic E-state index is 6.41. The van der Waals surface area contributed by atoms with E-state index in [1.54, 1.807) is 0 Å². The number of hydrogen-bond donors (Lipinski definition) is 0. The van der Waals surface area contributed by atoms with E-state index in [1.807, 2.05) is 0 Å². The summed E-state index contributed by atoms with van der Waals surface area (Å²) in [6.07, 6.45) is 3.70. The van der Waals surface area contributed by atoms with E-state index < -0.39 is 8.32 Å². The van der Waals surface area contributed by atoms with Gasteiger partial charge in [0.15, 0.2) is 0 Å². The Kier molecular flexibility index (Phi) is 3.67. The molecule has 1 aromatic carbocycles. The van der Waals surface area contributed by atoms with Crippen LogP contribution in [0.1, 0.15) is 38.3 Å². The van der Waals surface area contributed by atoms with Gasteiger partial charge in [-0.05, 0) is 76.6 Å². The summed E-state index contributed by atoms with van der Waals surface area (Å²) < 4.78 is 7.53. The van der Waals surface area contributed by atoms with Crippen LogP contribution in [0.25, 0.3) is 0 Å². The smallest absolute Gasteiger partial charge is 0.250 e. The van der Waals surface area contributed by atoms with Crippen molar-refractivity contribution in [2.75, 3.05) is 0 Å². The second-order valence-corrected chi connectivity index (χ2v) is 12.3. The molecule has 2 rings (SSSR count). The summed E-state index contributed by atoms with van der Waals surface area (Å²) in [5.41, 5.74) is 2.97. The maximum atomic E-state index is 6.41. The molecular formula is C15H23BrOSi. The quantitative estimate of drug-likeness (QED) is 0.668. The minimum atomic E-state index is -1.74. The average molecular weight is 327 g/mol. The van der Waals surface area contributed by atoms with Gasteiger partial charge in [-0.15, -0.1) is 0 Å². The lowest BCUT2D eigenvalue weighted by molar-refractivity contribution is 0.489. The molecule has 0 N–H and O–H groups in total. The van der Waals surface area contributed by atoms with E-state index >= 15 is 0 Å². The Morgan fingerprint density at radius 2 is 1.67 bits per heavy atom. The van der Waals surface area contributed by atoms with Crippen molar-refractivity contribution < 1.29 is 4.43 Å². The van der Waals surface area contributed by atoms with Crippen LogP contribution in [0, 0.1) is 0 Å². The molecular weight excluding hydrogens is 304 g/mol. The van der Waals surface area contributed by atoms with Crippen molar-refractivity contribution in [3.63, 3.8) is 0 Å². The number of rotatable bonds is 2. The summed E-state index contributed by atoms with van der Waals surface area (Å²) in [5, 5.41) is 0.242. The molecule has 1 aliphatic rings. The van der Waals surface area contributed by atoms with Crippen molar-refractivity contribution in [3.05, 3.63) is 27.7 Å². The molecule has 0 fully saturated rings. The lowest BCUT2D eigenvalue weighted by Gasteiger charge is -2.36. The fourth-order valence-corrected chi connectivity index (χ4v) is 3.72. The van der Waals surface area contributed by atoms with Gasteiger partial charge in [-0.1, -0.05) is 20.8 Å². The molecule has 1 nitrogen and oxygen atoms in total. The molecule has 0 atom stereocenters. The van der Waals surface area contributed by atoms with Crippen molar-refractivity contribution in [2.24, 2.45) is 0 Å². The minimum absolute atomic E-state index is 0.242. The summed E-state index contributed by atoms with van der Waals surface area (Å²) >= 11 is 3.67. The molecule has 0 aromatic heterocycles. The molecule has 3 heteroatoms. The van der Waals surface area contributed by atoms with E-state index in [1.165, 1.54) is 30.4 Å². The van der Waals surface area contributed by atoms with Gasteiger partial charge in [-0.3, -0.25) is 0 Å². The molecule has 0 unspecified atom stereocenters. The highest BCUT2D eigenvalue weighted by atomic mass is 79.9. The van der Waals surface area contributed by atoms with Crippen molar-refractivity contribution in [1.82, 2.24) is 0 Å². The van der Waals surface area contributed by atoms with Crippen LogP contribution < -0.4 is 4.43 Å². The first kappa shape index (κ1) is 14.1. The summed E-state index contributed by atoms with van der Waals surface area (Å²) in [6.45, 7) is 11.4. The first-order valence-electron chi connectivity index (χ1n) is 6.71. The van der Waals surface area contributed by atoms with Gasteiger partial charge in [0.2, 0.25) is 0 Å². The number of aryl methyl sites for hydroxylation is 2. The highest BCUT2D eigenvalue weighted by Crippen LogP contribution is 2.41. The first-order chi connectivity index (χ1) is 8.21. The van der Waals surface area contributed by atoms with Crippen molar-refractivity contribution >= 4 is 24.2 Å². The van der Waals surface area contributed by atoms with Crippen LogP contribution in [-0.2, 0) is 12.8 Å². The van der Waals surface area contributed by atoms with Gasteiger partial charge in [0.05, 0.1) is 4.47 Å². The number of halogens is 1. The van der Waals surface area contributed by atoms with Gasteiger partial charge in [0.25, 0.3) is 8.32 Å². The summed E-state index contributed by atoms with van der Waals surface area (Å²) in [6, 6.07) is 4.51. The summed E-state index contributed by atoms with van der Waals surface area (Å²) in [4.78, 5) is 0. The first-order valence-corrected chi connectivity index (χ1v) is 10.4. The maximum Gasteiger partial charge on any atom is 0.250 e. The van der Waals surface area contributed by atoms with E-state index in [-0.39, 0.29) is 5.04 Å². The highest BCUT2D eigenvalue weighted by Gasteiger charge is 2.39. The van der Waals surface area contributed by atoms with Crippen LogP contribution in [0.2, 0.25) is 18.1 Å². The van der Waals surface area contributed by atoms with Gasteiger partial charge in [0.1, 0.15) is 5.75 Å². The molecule has 1 aliphatic carbocycles. The number of benzene rings is 1. The molecule has 0 heterocycles. The Morgan fingerprint density at radius 3 is 2.22 bits per heavy atom. The van der Waals surface area contributed by atoms with E-state index in [0.29, 0.717) is 0 Å².